The summed E-state index contributed by atoms with van der Waals surface area (Å²) >= 11 is 3.49. The quantitative estimate of drug-likeness (QED) is 0.774. The number of nitrogens with zero attached hydrogens (tertiary/aromatic N) is 1. The first-order valence-corrected chi connectivity index (χ1v) is 6.61. The van der Waals surface area contributed by atoms with Crippen LogP contribution in [0.3, 0.4) is 0 Å². The standard InChI is InChI=1S/C15H12BrNO/c1-2-7-17-9-14-12(15(17)18)6-4-10-3-5-11(16)8-13(10)14/h2-6,8H,1,7,9H2. The van der Waals surface area contributed by atoms with Crippen molar-refractivity contribution in [2.24, 2.45) is 0 Å². The molecule has 0 spiro atoms. The van der Waals surface area contributed by atoms with Crippen LogP contribution in [-0.2, 0) is 6.54 Å². The molecule has 2 aromatic carbocycles. The van der Waals surface area contributed by atoms with Crippen LogP contribution in [0.5, 0.6) is 0 Å². The Morgan fingerprint density at radius 2 is 2.11 bits per heavy atom. The van der Waals surface area contributed by atoms with E-state index in [1.165, 1.54) is 5.39 Å². The van der Waals surface area contributed by atoms with E-state index in [0.29, 0.717) is 13.1 Å². The van der Waals surface area contributed by atoms with Gasteiger partial charge in [0.2, 0.25) is 0 Å². The Bertz CT molecular complexity index is 663. The Kier molecular flexibility index (Phi) is 2.71. The summed E-state index contributed by atoms with van der Waals surface area (Å²) in [6.45, 7) is 4.97. The number of carbonyl (C=O) groups is 1. The Labute approximate surface area is 114 Å². The molecule has 0 bridgehead atoms. The minimum absolute atomic E-state index is 0.103. The smallest absolute Gasteiger partial charge is 0.254 e. The molecule has 1 aliphatic heterocycles. The molecule has 0 unspecified atom stereocenters. The van der Waals surface area contributed by atoms with Crippen molar-refractivity contribution in [3.05, 3.63) is 58.6 Å². The van der Waals surface area contributed by atoms with Gasteiger partial charge in [-0.3, -0.25) is 4.79 Å². The lowest BCUT2D eigenvalue weighted by atomic mass is 10.0. The van der Waals surface area contributed by atoms with Gasteiger partial charge in [0, 0.05) is 23.1 Å². The van der Waals surface area contributed by atoms with Gasteiger partial charge in [0.15, 0.2) is 0 Å². The second-order valence-corrected chi connectivity index (χ2v) is 5.35. The molecule has 2 aromatic rings. The summed E-state index contributed by atoms with van der Waals surface area (Å²) < 4.78 is 1.04. The van der Waals surface area contributed by atoms with Crippen molar-refractivity contribution in [1.82, 2.24) is 4.90 Å². The third-order valence-corrected chi connectivity index (χ3v) is 3.80. The fourth-order valence-corrected chi connectivity index (χ4v) is 2.82. The van der Waals surface area contributed by atoms with Crippen molar-refractivity contribution in [3.8, 4) is 0 Å². The zero-order chi connectivity index (χ0) is 12.7. The van der Waals surface area contributed by atoms with Gasteiger partial charge in [-0.15, -0.1) is 6.58 Å². The van der Waals surface area contributed by atoms with Crippen LogP contribution in [-0.4, -0.2) is 17.4 Å². The average Bonchev–Trinajstić information content (AvgIpc) is 2.68. The zero-order valence-electron chi connectivity index (χ0n) is 9.82. The Hall–Kier alpha value is -1.61. The minimum atomic E-state index is 0.103. The number of hydrogen-bond acceptors (Lipinski definition) is 1. The summed E-state index contributed by atoms with van der Waals surface area (Å²) in [4.78, 5) is 14.0. The van der Waals surface area contributed by atoms with Gasteiger partial charge in [-0.2, -0.15) is 0 Å². The summed E-state index contributed by atoms with van der Waals surface area (Å²) in [7, 11) is 0. The lowest BCUT2D eigenvalue weighted by Gasteiger charge is -2.11. The van der Waals surface area contributed by atoms with Gasteiger partial charge in [0.25, 0.3) is 5.91 Å². The Morgan fingerprint density at radius 3 is 2.89 bits per heavy atom. The predicted molar refractivity (Wildman–Crippen MR) is 76.6 cm³/mol. The summed E-state index contributed by atoms with van der Waals surface area (Å²) in [5, 5.41) is 2.33. The number of carbonyl (C=O) groups excluding carboxylic acids is 1. The molecule has 0 saturated heterocycles. The zero-order valence-corrected chi connectivity index (χ0v) is 11.4. The van der Waals surface area contributed by atoms with Gasteiger partial charge >= 0.3 is 0 Å². The Morgan fingerprint density at radius 1 is 1.33 bits per heavy atom. The monoisotopic (exact) mass is 301 g/mol. The number of benzene rings is 2. The van der Waals surface area contributed by atoms with Crippen molar-refractivity contribution in [1.29, 1.82) is 0 Å². The molecule has 0 aliphatic carbocycles. The molecule has 90 valence electrons. The van der Waals surface area contributed by atoms with Crippen LogP contribution < -0.4 is 0 Å². The molecule has 0 saturated carbocycles. The SMILES string of the molecule is C=CCN1Cc2c(ccc3ccc(Br)cc23)C1=O. The molecule has 0 atom stereocenters. The van der Waals surface area contributed by atoms with E-state index in [2.05, 4.69) is 34.6 Å². The van der Waals surface area contributed by atoms with Crippen molar-refractivity contribution >= 4 is 32.6 Å². The van der Waals surface area contributed by atoms with E-state index in [1.807, 2.05) is 23.1 Å². The molecule has 1 amide bonds. The van der Waals surface area contributed by atoms with Crippen molar-refractivity contribution in [2.45, 2.75) is 6.54 Å². The normalized spacial score (nSPS) is 14.1. The fraction of sp³-hybridized carbons (Fsp3) is 0.133. The van der Waals surface area contributed by atoms with Crippen molar-refractivity contribution < 1.29 is 4.79 Å². The summed E-state index contributed by atoms with van der Waals surface area (Å²) in [5.74, 6) is 0.103. The predicted octanol–water partition coefficient (Wildman–Crippen LogP) is 3.74. The van der Waals surface area contributed by atoms with E-state index >= 15 is 0 Å². The van der Waals surface area contributed by atoms with Crippen molar-refractivity contribution in [3.63, 3.8) is 0 Å². The lowest BCUT2D eigenvalue weighted by Crippen LogP contribution is -2.23. The van der Waals surface area contributed by atoms with Crippen LogP contribution in [0, 0.1) is 0 Å². The van der Waals surface area contributed by atoms with Gasteiger partial charge in [0.1, 0.15) is 0 Å². The lowest BCUT2D eigenvalue weighted by molar-refractivity contribution is 0.0796. The van der Waals surface area contributed by atoms with E-state index in [4.69, 9.17) is 0 Å². The van der Waals surface area contributed by atoms with Crippen LogP contribution >= 0.6 is 15.9 Å². The summed E-state index contributed by atoms with van der Waals surface area (Å²) in [6.07, 6.45) is 1.77. The maximum absolute atomic E-state index is 12.2. The van der Waals surface area contributed by atoms with E-state index in [9.17, 15) is 4.79 Å². The molecule has 0 aromatic heterocycles. The highest BCUT2D eigenvalue weighted by Gasteiger charge is 2.27. The molecular weight excluding hydrogens is 290 g/mol. The second-order valence-electron chi connectivity index (χ2n) is 4.43. The molecule has 18 heavy (non-hydrogen) atoms. The highest BCUT2D eigenvalue weighted by atomic mass is 79.9. The van der Waals surface area contributed by atoms with Crippen LogP contribution in [0.25, 0.3) is 10.8 Å². The van der Waals surface area contributed by atoms with Gasteiger partial charge in [0.05, 0.1) is 0 Å². The minimum Gasteiger partial charge on any atom is -0.331 e. The first kappa shape index (κ1) is 11.5. The topological polar surface area (TPSA) is 20.3 Å². The first-order chi connectivity index (χ1) is 8.70. The largest absolute Gasteiger partial charge is 0.331 e. The van der Waals surface area contributed by atoms with E-state index in [-0.39, 0.29) is 5.91 Å². The third kappa shape index (κ3) is 1.66. The van der Waals surface area contributed by atoms with Gasteiger partial charge < -0.3 is 4.90 Å². The van der Waals surface area contributed by atoms with E-state index in [0.717, 1.165) is 21.0 Å². The third-order valence-electron chi connectivity index (χ3n) is 3.31. The average molecular weight is 302 g/mol. The van der Waals surface area contributed by atoms with Crippen LogP contribution in [0.2, 0.25) is 0 Å². The molecule has 2 nitrogen and oxygen atoms in total. The van der Waals surface area contributed by atoms with Crippen molar-refractivity contribution in [2.75, 3.05) is 6.54 Å². The maximum Gasteiger partial charge on any atom is 0.254 e. The number of fused-ring (bicyclic) bond motifs is 3. The summed E-state index contributed by atoms with van der Waals surface area (Å²) in [6, 6.07) is 10.1. The number of rotatable bonds is 2. The highest BCUT2D eigenvalue weighted by Crippen LogP contribution is 2.31. The first-order valence-electron chi connectivity index (χ1n) is 5.82. The maximum atomic E-state index is 12.2. The van der Waals surface area contributed by atoms with Crippen LogP contribution in [0.4, 0.5) is 0 Å². The van der Waals surface area contributed by atoms with Crippen LogP contribution in [0.1, 0.15) is 15.9 Å². The van der Waals surface area contributed by atoms with Gasteiger partial charge in [-0.05, 0) is 34.5 Å². The molecule has 0 fully saturated rings. The molecule has 1 heterocycles. The van der Waals surface area contributed by atoms with E-state index < -0.39 is 0 Å². The van der Waals surface area contributed by atoms with Gasteiger partial charge in [-0.25, -0.2) is 0 Å². The molecular formula is C15H12BrNO. The Balaban J connectivity index is 2.20. The molecule has 1 aliphatic rings. The molecule has 3 heteroatoms. The number of halogens is 1. The van der Waals surface area contributed by atoms with Crippen LogP contribution in [0.15, 0.2) is 47.5 Å². The molecule has 0 N–H and O–H groups in total. The van der Waals surface area contributed by atoms with E-state index in [1.54, 1.807) is 6.08 Å². The molecule has 0 radical (unpaired) electrons. The second kappa shape index (κ2) is 4.25. The number of hydrogen-bond donors (Lipinski definition) is 0. The van der Waals surface area contributed by atoms with Gasteiger partial charge in [-0.1, -0.05) is 34.1 Å². The summed E-state index contributed by atoms with van der Waals surface area (Å²) in [5.41, 5.74) is 1.95. The number of amides is 1. The highest BCUT2D eigenvalue weighted by molar-refractivity contribution is 9.10. The molecule has 3 rings (SSSR count). The fourth-order valence-electron chi connectivity index (χ4n) is 2.46.